The normalized spacial score (nSPS) is 14.7. The molecule has 3 heterocycles. The van der Waals surface area contributed by atoms with Crippen molar-refractivity contribution in [3.8, 4) is 0 Å². The Labute approximate surface area is 210 Å². The molecule has 0 unspecified atom stereocenters. The van der Waals surface area contributed by atoms with Gasteiger partial charge in [0.15, 0.2) is 0 Å². The van der Waals surface area contributed by atoms with E-state index in [1.165, 1.54) is 0 Å². The Morgan fingerprint density at radius 2 is 1.89 bits per heavy atom. The van der Waals surface area contributed by atoms with Gasteiger partial charge in [0.25, 0.3) is 5.91 Å². The average Bonchev–Trinajstić information content (AvgIpc) is 3.11. The van der Waals surface area contributed by atoms with E-state index >= 15 is 0 Å². The monoisotopic (exact) mass is 495 g/mol. The molecule has 2 aliphatic heterocycles. The fraction of sp³-hybridized carbons (Fsp3) is 0.320. The van der Waals surface area contributed by atoms with Crippen LogP contribution >= 0.6 is 12.4 Å². The molecule has 2 aliphatic rings. The number of rotatable bonds is 3. The van der Waals surface area contributed by atoms with E-state index in [0.29, 0.717) is 31.7 Å². The van der Waals surface area contributed by atoms with Crippen molar-refractivity contribution in [1.82, 2.24) is 25.3 Å². The van der Waals surface area contributed by atoms with E-state index in [-0.39, 0.29) is 24.3 Å². The van der Waals surface area contributed by atoms with E-state index < -0.39 is 0 Å². The van der Waals surface area contributed by atoms with Crippen LogP contribution in [0.15, 0.2) is 48.7 Å². The lowest BCUT2D eigenvalue weighted by atomic mass is 10.0. The van der Waals surface area contributed by atoms with Crippen LogP contribution in [0.3, 0.4) is 0 Å². The molecule has 0 bridgehead atoms. The van der Waals surface area contributed by atoms with Crippen LogP contribution in [0.4, 0.5) is 22.0 Å². The molecule has 0 spiro atoms. The largest absolute Gasteiger partial charge is 0.338 e. The summed E-state index contributed by atoms with van der Waals surface area (Å²) in [4.78, 5) is 29.7. The zero-order chi connectivity index (χ0) is 23.7. The molecule has 0 radical (unpaired) electrons. The fourth-order valence-corrected chi connectivity index (χ4v) is 4.47. The minimum absolute atomic E-state index is 0. The van der Waals surface area contributed by atoms with Crippen LogP contribution in [0.5, 0.6) is 0 Å². The number of amides is 3. The van der Waals surface area contributed by atoms with E-state index in [4.69, 9.17) is 0 Å². The molecule has 1 aromatic heterocycles. The van der Waals surface area contributed by atoms with Crippen molar-refractivity contribution in [2.24, 2.45) is 7.05 Å². The smallest absolute Gasteiger partial charge is 0.317 e. The summed E-state index contributed by atoms with van der Waals surface area (Å²) in [5.41, 5.74) is 5.21. The van der Waals surface area contributed by atoms with Crippen molar-refractivity contribution in [2.45, 2.75) is 20.0 Å². The molecular formula is C25H30ClN7O2. The van der Waals surface area contributed by atoms with Crippen LogP contribution in [0, 0.1) is 6.92 Å². The van der Waals surface area contributed by atoms with Gasteiger partial charge in [0, 0.05) is 50.9 Å². The van der Waals surface area contributed by atoms with Crippen molar-refractivity contribution in [3.63, 3.8) is 0 Å². The highest BCUT2D eigenvalue weighted by atomic mass is 35.5. The molecule has 10 heteroatoms. The van der Waals surface area contributed by atoms with Crippen molar-refractivity contribution >= 4 is 41.5 Å². The first-order valence-electron chi connectivity index (χ1n) is 11.5. The molecular weight excluding hydrogens is 466 g/mol. The number of hydrogen-bond donors (Lipinski definition) is 3. The van der Waals surface area contributed by atoms with Gasteiger partial charge < -0.3 is 25.8 Å². The highest BCUT2D eigenvalue weighted by Crippen LogP contribution is 2.36. The van der Waals surface area contributed by atoms with Gasteiger partial charge in [-0.05, 0) is 42.3 Å². The van der Waals surface area contributed by atoms with E-state index in [0.717, 1.165) is 47.0 Å². The van der Waals surface area contributed by atoms with Gasteiger partial charge >= 0.3 is 6.03 Å². The van der Waals surface area contributed by atoms with E-state index in [2.05, 4.69) is 21.0 Å². The van der Waals surface area contributed by atoms with Crippen LogP contribution < -0.4 is 20.9 Å². The summed E-state index contributed by atoms with van der Waals surface area (Å²) >= 11 is 0. The molecule has 9 nitrogen and oxygen atoms in total. The minimum Gasteiger partial charge on any atom is -0.338 e. The number of halogens is 1. The van der Waals surface area contributed by atoms with Gasteiger partial charge in [0.2, 0.25) is 0 Å². The second-order valence-corrected chi connectivity index (χ2v) is 8.71. The molecule has 0 aliphatic carbocycles. The standard InChI is InChI=1S/C25H29N7O2.ClH/c1-17-13-18(7-8-19(17)14-27-25(34)31-11-9-26-10-12-31)24(33)32-16-20-15-28-30(2)23(20)29-21-5-3-4-6-22(21)32;/h3-8,13,15,26,29H,9-12,14,16H2,1-2H3,(H,27,34);1H. The summed E-state index contributed by atoms with van der Waals surface area (Å²) in [6, 6.07) is 13.4. The lowest BCUT2D eigenvalue weighted by Crippen LogP contribution is -2.50. The van der Waals surface area contributed by atoms with Gasteiger partial charge in [-0.3, -0.25) is 9.48 Å². The number of carbonyl (C=O) groups excluding carboxylic acids is 2. The molecule has 184 valence electrons. The molecule has 2 aromatic carbocycles. The first-order chi connectivity index (χ1) is 16.5. The molecule has 3 aromatic rings. The highest BCUT2D eigenvalue weighted by molar-refractivity contribution is 6.08. The maximum Gasteiger partial charge on any atom is 0.317 e. The van der Waals surface area contributed by atoms with Crippen molar-refractivity contribution in [2.75, 3.05) is 36.4 Å². The summed E-state index contributed by atoms with van der Waals surface area (Å²) in [6.07, 6.45) is 1.80. The van der Waals surface area contributed by atoms with Gasteiger partial charge in [-0.2, -0.15) is 5.10 Å². The number of fused-ring (bicyclic) bond motifs is 2. The minimum atomic E-state index is -0.0783. The van der Waals surface area contributed by atoms with Gasteiger partial charge in [0.1, 0.15) is 5.82 Å². The number of benzene rings is 2. The molecule has 35 heavy (non-hydrogen) atoms. The Bertz CT molecular complexity index is 1240. The van der Waals surface area contributed by atoms with E-state index in [1.54, 1.807) is 15.8 Å². The molecule has 1 fully saturated rings. The fourth-order valence-electron chi connectivity index (χ4n) is 4.47. The zero-order valence-electron chi connectivity index (χ0n) is 19.9. The molecule has 0 atom stereocenters. The average molecular weight is 496 g/mol. The molecule has 5 rings (SSSR count). The highest BCUT2D eigenvalue weighted by Gasteiger charge is 2.27. The third-order valence-electron chi connectivity index (χ3n) is 6.46. The topological polar surface area (TPSA) is 94.5 Å². The second kappa shape index (κ2) is 10.4. The number of aromatic nitrogens is 2. The Morgan fingerprint density at radius 1 is 1.11 bits per heavy atom. The van der Waals surface area contributed by atoms with E-state index in [1.807, 2.05) is 61.3 Å². The first-order valence-corrected chi connectivity index (χ1v) is 11.5. The summed E-state index contributed by atoms with van der Waals surface area (Å²) in [6.45, 7) is 5.89. The quantitative estimate of drug-likeness (QED) is 0.519. The van der Waals surface area contributed by atoms with Crippen LogP contribution in [0.2, 0.25) is 0 Å². The number of anilines is 3. The predicted molar refractivity (Wildman–Crippen MR) is 139 cm³/mol. The Kier molecular flexibility index (Phi) is 7.28. The van der Waals surface area contributed by atoms with Gasteiger partial charge in [-0.15, -0.1) is 12.4 Å². The number of hydrogen-bond acceptors (Lipinski definition) is 5. The summed E-state index contributed by atoms with van der Waals surface area (Å²) < 4.78 is 1.79. The third-order valence-corrected chi connectivity index (χ3v) is 6.46. The molecule has 0 saturated carbocycles. The number of nitrogens with zero attached hydrogens (tertiary/aromatic N) is 4. The van der Waals surface area contributed by atoms with Crippen LogP contribution in [-0.4, -0.2) is 52.8 Å². The zero-order valence-corrected chi connectivity index (χ0v) is 20.7. The lowest BCUT2D eigenvalue weighted by Gasteiger charge is -2.27. The van der Waals surface area contributed by atoms with Crippen molar-refractivity contribution in [3.05, 3.63) is 70.9 Å². The number of urea groups is 1. The first kappa shape index (κ1) is 24.6. The van der Waals surface area contributed by atoms with Crippen molar-refractivity contribution in [1.29, 1.82) is 0 Å². The predicted octanol–water partition coefficient (Wildman–Crippen LogP) is 3.17. The number of nitrogens with one attached hydrogen (secondary N) is 3. The van der Waals surface area contributed by atoms with E-state index in [9.17, 15) is 9.59 Å². The maximum absolute atomic E-state index is 13.7. The molecule has 1 saturated heterocycles. The van der Waals surface area contributed by atoms with Gasteiger partial charge in [0.05, 0.1) is 24.1 Å². The molecule has 3 N–H and O–H groups in total. The number of carbonyl (C=O) groups is 2. The van der Waals surface area contributed by atoms with Gasteiger partial charge in [-0.25, -0.2) is 4.79 Å². The van der Waals surface area contributed by atoms with Crippen LogP contribution in [0.1, 0.15) is 27.0 Å². The Balaban J connectivity index is 0.00000289. The maximum atomic E-state index is 13.7. The SMILES string of the molecule is Cc1cc(C(=O)N2Cc3cnn(C)c3Nc3ccccc32)ccc1CNC(=O)N1CCNCC1.Cl. The Hall–Kier alpha value is -3.56. The summed E-state index contributed by atoms with van der Waals surface area (Å²) in [5.74, 6) is 0.806. The molecule has 3 amide bonds. The van der Waals surface area contributed by atoms with Crippen LogP contribution in [-0.2, 0) is 20.1 Å². The summed E-state index contributed by atoms with van der Waals surface area (Å²) in [5, 5.41) is 14.0. The van der Waals surface area contributed by atoms with Crippen molar-refractivity contribution < 1.29 is 9.59 Å². The number of piperazine rings is 1. The number of aryl methyl sites for hydroxylation is 2. The third kappa shape index (κ3) is 4.96. The van der Waals surface area contributed by atoms with Gasteiger partial charge in [-0.1, -0.05) is 18.2 Å². The number of para-hydroxylation sites is 2. The Morgan fingerprint density at radius 3 is 2.66 bits per heavy atom. The van der Waals surface area contributed by atoms with Crippen LogP contribution in [0.25, 0.3) is 0 Å². The second-order valence-electron chi connectivity index (χ2n) is 8.71. The lowest BCUT2D eigenvalue weighted by molar-refractivity contribution is 0.0985. The summed E-state index contributed by atoms with van der Waals surface area (Å²) in [7, 11) is 1.88.